The van der Waals surface area contributed by atoms with E-state index in [0.717, 1.165) is 37.0 Å². The lowest BCUT2D eigenvalue weighted by atomic mass is 9.89. The zero-order valence-electron chi connectivity index (χ0n) is 13.2. The van der Waals surface area contributed by atoms with Crippen LogP contribution >= 0.6 is 0 Å². The molecule has 0 saturated heterocycles. The van der Waals surface area contributed by atoms with Gasteiger partial charge in [0.15, 0.2) is 0 Å². The van der Waals surface area contributed by atoms with Gasteiger partial charge >= 0.3 is 0 Å². The lowest BCUT2D eigenvalue weighted by molar-refractivity contribution is -0.131. The zero-order chi connectivity index (χ0) is 17.1. The molecule has 0 aromatic heterocycles. The average molecular weight is 329 g/mol. The molecule has 0 unspecified atom stereocenters. The molecular formula is C17H19N3O4. The van der Waals surface area contributed by atoms with E-state index in [9.17, 15) is 19.2 Å². The van der Waals surface area contributed by atoms with Crippen LogP contribution in [0.1, 0.15) is 52.8 Å². The highest BCUT2D eigenvalue weighted by molar-refractivity contribution is 6.22. The fourth-order valence-electron chi connectivity index (χ4n) is 3.16. The van der Waals surface area contributed by atoms with Gasteiger partial charge in [-0.05, 0) is 25.0 Å². The molecule has 1 fully saturated rings. The molecule has 0 atom stereocenters. The van der Waals surface area contributed by atoms with Crippen molar-refractivity contribution in [3.05, 3.63) is 35.4 Å². The van der Waals surface area contributed by atoms with Crippen LogP contribution in [-0.2, 0) is 9.59 Å². The Morgan fingerprint density at radius 2 is 1.54 bits per heavy atom. The molecule has 3 rings (SSSR count). The third-order valence-electron chi connectivity index (χ3n) is 4.48. The molecule has 24 heavy (non-hydrogen) atoms. The van der Waals surface area contributed by atoms with Crippen LogP contribution in [0.15, 0.2) is 24.3 Å². The summed E-state index contributed by atoms with van der Waals surface area (Å²) in [6.45, 7) is -0.419. The largest absolute Gasteiger partial charge is 0.273 e. The molecule has 7 heteroatoms. The van der Waals surface area contributed by atoms with E-state index < -0.39 is 24.3 Å². The second-order valence-corrected chi connectivity index (χ2v) is 6.11. The van der Waals surface area contributed by atoms with E-state index in [1.54, 1.807) is 24.3 Å². The van der Waals surface area contributed by atoms with Gasteiger partial charge in [0.1, 0.15) is 6.54 Å². The number of hydrazine groups is 1. The summed E-state index contributed by atoms with van der Waals surface area (Å²) in [5.41, 5.74) is 5.27. The molecule has 1 aromatic rings. The van der Waals surface area contributed by atoms with Crippen molar-refractivity contribution in [2.45, 2.75) is 32.1 Å². The standard InChI is InChI=1S/C17H19N3O4/c21-14(18-19-15(22)11-6-2-1-3-7-11)10-20-16(23)12-8-4-5-9-13(12)17(20)24/h4-5,8-9,11H,1-3,6-7,10H2,(H,18,21)(H,19,22). The van der Waals surface area contributed by atoms with Crippen LogP contribution in [0.3, 0.4) is 0 Å². The number of nitrogens with one attached hydrogen (secondary N) is 2. The first-order valence-electron chi connectivity index (χ1n) is 8.12. The minimum atomic E-state index is -0.603. The molecular weight excluding hydrogens is 310 g/mol. The van der Waals surface area contributed by atoms with Gasteiger partial charge < -0.3 is 0 Å². The Labute approximate surface area is 139 Å². The minimum Gasteiger partial charge on any atom is -0.273 e. The molecule has 2 aliphatic rings. The number of amides is 4. The first kappa shape index (κ1) is 16.2. The number of nitrogens with zero attached hydrogens (tertiary/aromatic N) is 1. The number of benzene rings is 1. The first-order valence-corrected chi connectivity index (χ1v) is 8.12. The first-order chi connectivity index (χ1) is 11.6. The quantitative estimate of drug-likeness (QED) is 0.639. The van der Waals surface area contributed by atoms with E-state index in [2.05, 4.69) is 10.9 Å². The van der Waals surface area contributed by atoms with E-state index >= 15 is 0 Å². The SMILES string of the molecule is O=C(CN1C(=O)c2ccccc2C1=O)NNC(=O)C1CCCCC1. The van der Waals surface area contributed by atoms with Gasteiger partial charge in [0, 0.05) is 5.92 Å². The molecule has 4 amide bonds. The van der Waals surface area contributed by atoms with Crippen molar-refractivity contribution in [3.8, 4) is 0 Å². The topological polar surface area (TPSA) is 95.6 Å². The summed E-state index contributed by atoms with van der Waals surface area (Å²) in [5.74, 6) is -1.90. The third-order valence-corrected chi connectivity index (χ3v) is 4.48. The van der Waals surface area contributed by atoms with Crippen LogP contribution in [0.4, 0.5) is 0 Å². The highest BCUT2D eigenvalue weighted by Gasteiger charge is 2.36. The van der Waals surface area contributed by atoms with Crippen molar-refractivity contribution in [3.63, 3.8) is 0 Å². The van der Waals surface area contributed by atoms with Crippen molar-refractivity contribution >= 4 is 23.6 Å². The Balaban J connectivity index is 1.53. The van der Waals surface area contributed by atoms with Gasteiger partial charge in [-0.2, -0.15) is 0 Å². The van der Waals surface area contributed by atoms with Gasteiger partial charge in [-0.1, -0.05) is 31.4 Å². The molecule has 1 aliphatic heterocycles. The van der Waals surface area contributed by atoms with Crippen molar-refractivity contribution in [1.82, 2.24) is 15.8 Å². The van der Waals surface area contributed by atoms with Gasteiger partial charge in [-0.3, -0.25) is 34.9 Å². The van der Waals surface area contributed by atoms with E-state index in [1.165, 1.54) is 0 Å². The summed E-state index contributed by atoms with van der Waals surface area (Å²) in [7, 11) is 0. The molecule has 2 N–H and O–H groups in total. The number of fused-ring (bicyclic) bond motifs is 1. The normalized spacial score (nSPS) is 17.6. The van der Waals surface area contributed by atoms with Crippen molar-refractivity contribution in [1.29, 1.82) is 0 Å². The lowest BCUT2D eigenvalue weighted by Gasteiger charge is -2.21. The van der Waals surface area contributed by atoms with Crippen LogP contribution in [0.25, 0.3) is 0 Å². The van der Waals surface area contributed by atoms with Crippen LogP contribution in [-0.4, -0.2) is 35.1 Å². The average Bonchev–Trinajstić information content (AvgIpc) is 2.86. The highest BCUT2D eigenvalue weighted by Crippen LogP contribution is 2.23. The second kappa shape index (κ2) is 6.82. The molecule has 1 heterocycles. The molecule has 1 aliphatic carbocycles. The van der Waals surface area contributed by atoms with Crippen LogP contribution < -0.4 is 10.9 Å². The third kappa shape index (κ3) is 3.15. The van der Waals surface area contributed by atoms with E-state index in [1.807, 2.05) is 0 Å². The number of hydrogen-bond donors (Lipinski definition) is 2. The van der Waals surface area contributed by atoms with E-state index in [0.29, 0.717) is 11.1 Å². The lowest BCUT2D eigenvalue weighted by Crippen LogP contribution is -2.49. The smallest absolute Gasteiger partial charge is 0.262 e. The summed E-state index contributed by atoms with van der Waals surface area (Å²) >= 11 is 0. The monoisotopic (exact) mass is 329 g/mol. The maximum absolute atomic E-state index is 12.2. The molecule has 1 aromatic carbocycles. The second-order valence-electron chi connectivity index (χ2n) is 6.11. The summed E-state index contributed by atoms with van der Waals surface area (Å²) in [6.07, 6.45) is 4.80. The molecule has 126 valence electrons. The molecule has 7 nitrogen and oxygen atoms in total. The Morgan fingerprint density at radius 3 is 2.12 bits per heavy atom. The number of rotatable bonds is 3. The van der Waals surface area contributed by atoms with Crippen molar-refractivity contribution < 1.29 is 19.2 Å². The van der Waals surface area contributed by atoms with Gasteiger partial charge in [-0.25, -0.2) is 0 Å². The highest BCUT2D eigenvalue weighted by atomic mass is 16.2. The minimum absolute atomic E-state index is 0.0849. The number of carbonyl (C=O) groups excluding carboxylic acids is 4. The number of imide groups is 1. The Morgan fingerprint density at radius 1 is 0.958 bits per heavy atom. The van der Waals surface area contributed by atoms with Gasteiger partial charge in [-0.15, -0.1) is 0 Å². The van der Waals surface area contributed by atoms with E-state index in [4.69, 9.17) is 0 Å². The molecule has 0 spiro atoms. The van der Waals surface area contributed by atoms with Gasteiger partial charge in [0.05, 0.1) is 11.1 Å². The fourth-order valence-corrected chi connectivity index (χ4v) is 3.16. The Kier molecular flexibility index (Phi) is 4.59. The Bertz CT molecular complexity index is 660. The number of carbonyl (C=O) groups is 4. The van der Waals surface area contributed by atoms with Gasteiger partial charge in [0.25, 0.3) is 17.7 Å². The number of hydrogen-bond acceptors (Lipinski definition) is 4. The van der Waals surface area contributed by atoms with Crippen LogP contribution in [0.2, 0.25) is 0 Å². The summed E-state index contributed by atoms with van der Waals surface area (Å²) < 4.78 is 0. The predicted octanol–water partition coefficient (Wildman–Crippen LogP) is 1.01. The van der Waals surface area contributed by atoms with Crippen molar-refractivity contribution in [2.24, 2.45) is 5.92 Å². The van der Waals surface area contributed by atoms with Crippen LogP contribution in [0.5, 0.6) is 0 Å². The Hall–Kier alpha value is -2.70. The summed E-state index contributed by atoms with van der Waals surface area (Å²) in [5, 5.41) is 0. The molecule has 1 saturated carbocycles. The summed E-state index contributed by atoms with van der Waals surface area (Å²) in [6, 6.07) is 6.44. The van der Waals surface area contributed by atoms with Gasteiger partial charge in [0.2, 0.25) is 5.91 Å². The summed E-state index contributed by atoms with van der Waals surface area (Å²) in [4.78, 5) is 49.1. The predicted molar refractivity (Wildman–Crippen MR) is 84.7 cm³/mol. The maximum atomic E-state index is 12.2. The molecule has 0 radical (unpaired) electrons. The van der Waals surface area contributed by atoms with Crippen LogP contribution in [0, 0.1) is 5.92 Å². The van der Waals surface area contributed by atoms with Crippen molar-refractivity contribution in [2.75, 3.05) is 6.54 Å². The molecule has 0 bridgehead atoms. The fraction of sp³-hybridized carbons (Fsp3) is 0.412. The zero-order valence-corrected chi connectivity index (χ0v) is 13.2. The van der Waals surface area contributed by atoms with E-state index in [-0.39, 0.29) is 11.8 Å². The maximum Gasteiger partial charge on any atom is 0.262 e.